The highest BCUT2D eigenvalue weighted by atomic mass is 19.4. The molecule has 0 saturated heterocycles. The first-order chi connectivity index (χ1) is 9.50. The summed E-state index contributed by atoms with van der Waals surface area (Å²) in [5, 5.41) is 0. The van der Waals surface area contributed by atoms with E-state index in [0.29, 0.717) is 12.1 Å². The molecule has 2 N–H and O–H groups in total. The molecule has 1 rings (SSSR count). The highest BCUT2D eigenvalue weighted by Crippen LogP contribution is 2.32. The van der Waals surface area contributed by atoms with Crippen molar-refractivity contribution in [2.75, 3.05) is 13.2 Å². The average Bonchev–Trinajstić information content (AvgIpc) is 2.31. The lowest BCUT2D eigenvalue weighted by atomic mass is 10.0. The number of benzene rings is 1. The molecule has 0 bridgehead atoms. The van der Waals surface area contributed by atoms with E-state index in [1.165, 1.54) is 0 Å². The Balaban J connectivity index is 2.59. The van der Waals surface area contributed by atoms with Gasteiger partial charge in [0.1, 0.15) is 12.4 Å². The molecule has 0 saturated carbocycles. The summed E-state index contributed by atoms with van der Waals surface area (Å²) in [6.45, 7) is -1.79. The Morgan fingerprint density at radius 2 is 1.71 bits per heavy atom. The fourth-order valence-corrected chi connectivity index (χ4v) is 1.56. The molecule has 0 radical (unpaired) electrons. The lowest BCUT2D eigenvalue weighted by Gasteiger charge is -2.15. The molecule has 2 nitrogen and oxygen atoms in total. The van der Waals surface area contributed by atoms with E-state index in [-0.39, 0.29) is 18.6 Å². The van der Waals surface area contributed by atoms with Gasteiger partial charge in [-0.1, -0.05) is 6.07 Å². The first-order valence-corrected chi connectivity index (χ1v) is 5.77. The van der Waals surface area contributed by atoms with Crippen molar-refractivity contribution in [2.24, 2.45) is 5.73 Å². The minimum Gasteiger partial charge on any atom is -0.372 e. The number of alkyl halides is 6. The van der Waals surface area contributed by atoms with Gasteiger partial charge >= 0.3 is 12.4 Å². The molecule has 21 heavy (non-hydrogen) atoms. The second-order valence-corrected chi connectivity index (χ2v) is 4.30. The van der Waals surface area contributed by atoms with Gasteiger partial charge < -0.3 is 10.5 Å². The summed E-state index contributed by atoms with van der Waals surface area (Å²) < 4.78 is 90.0. The molecule has 1 atom stereocenters. The molecular formula is C12H12F7NO. The Labute approximate surface area is 115 Å². The van der Waals surface area contributed by atoms with Crippen molar-refractivity contribution in [3.63, 3.8) is 0 Å². The van der Waals surface area contributed by atoms with Crippen LogP contribution < -0.4 is 5.73 Å². The topological polar surface area (TPSA) is 35.2 Å². The quantitative estimate of drug-likeness (QED) is 0.661. The number of halogens is 7. The van der Waals surface area contributed by atoms with Crippen LogP contribution in [-0.2, 0) is 10.9 Å². The van der Waals surface area contributed by atoms with Gasteiger partial charge in [-0.05, 0) is 24.1 Å². The zero-order chi connectivity index (χ0) is 16.3. The van der Waals surface area contributed by atoms with Crippen LogP contribution in [-0.4, -0.2) is 19.4 Å². The molecule has 0 aliphatic rings. The van der Waals surface area contributed by atoms with E-state index < -0.39 is 36.4 Å². The van der Waals surface area contributed by atoms with Crippen LogP contribution in [0.2, 0.25) is 0 Å². The van der Waals surface area contributed by atoms with Crippen LogP contribution in [0, 0.1) is 5.82 Å². The first kappa shape index (κ1) is 17.7. The fraction of sp³-hybridized carbons (Fsp3) is 0.500. The number of ether oxygens (including phenoxy) is 1. The molecule has 0 aromatic heterocycles. The van der Waals surface area contributed by atoms with Crippen LogP contribution in [0.3, 0.4) is 0 Å². The van der Waals surface area contributed by atoms with E-state index in [1.807, 2.05) is 0 Å². The van der Waals surface area contributed by atoms with E-state index in [9.17, 15) is 30.7 Å². The van der Waals surface area contributed by atoms with Crippen molar-refractivity contribution in [2.45, 2.75) is 24.8 Å². The molecular weight excluding hydrogens is 307 g/mol. The standard InChI is InChI=1S/C12H12F7NO/c13-9-5-7(1-2-8(9)12(17,18)19)10(20)3-4-21-6-11(14,15)16/h1-2,5,10H,3-4,6,20H2. The summed E-state index contributed by atoms with van der Waals surface area (Å²) in [6, 6.07) is 1.23. The van der Waals surface area contributed by atoms with E-state index in [1.54, 1.807) is 0 Å². The Morgan fingerprint density at radius 1 is 1.10 bits per heavy atom. The lowest BCUT2D eigenvalue weighted by molar-refractivity contribution is -0.174. The predicted molar refractivity (Wildman–Crippen MR) is 59.8 cm³/mol. The molecule has 1 aromatic rings. The lowest BCUT2D eigenvalue weighted by Crippen LogP contribution is -2.20. The number of nitrogens with two attached hydrogens (primary N) is 1. The third kappa shape index (κ3) is 5.88. The highest BCUT2D eigenvalue weighted by Gasteiger charge is 2.34. The van der Waals surface area contributed by atoms with Crippen molar-refractivity contribution in [3.8, 4) is 0 Å². The number of hydrogen-bond donors (Lipinski definition) is 1. The van der Waals surface area contributed by atoms with E-state index in [4.69, 9.17) is 5.73 Å². The minimum absolute atomic E-state index is 0.0520. The highest BCUT2D eigenvalue weighted by molar-refractivity contribution is 5.28. The third-order valence-corrected chi connectivity index (χ3v) is 2.57. The summed E-state index contributed by atoms with van der Waals surface area (Å²) in [5.74, 6) is -1.48. The zero-order valence-corrected chi connectivity index (χ0v) is 10.6. The van der Waals surface area contributed by atoms with Gasteiger partial charge in [0.05, 0.1) is 5.56 Å². The fourth-order valence-electron chi connectivity index (χ4n) is 1.56. The van der Waals surface area contributed by atoms with Crippen LogP contribution in [0.5, 0.6) is 0 Å². The molecule has 0 fully saturated rings. The van der Waals surface area contributed by atoms with Gasteiger partial charge in [0.15, 0.2) is 0 Å². The first-order valence-electron chi connectivity index (χ1n) is 5.77. The van der Waals surface area contributed by atoms with Crippen molar-refractivity contribution in [1.82, 2.24) is 0 Å². The second-order valence-electron chi connectivity index (χ2n) is 4.30. The predicted octanol–water partition coefficient (Wildman–Crippen LogP) is 3.81. The van der Waals surface area contributed by atoms with Crippen molar-refractivity contribution in [1.29, 1.82) is 0 Å². The minimum atomic E-state index is -4.82. The molecule has 0 heterocycles. The van der Waals surface area contributed by atoms with Gasteiger partial charge in [0.2, 0.25) is 0 Å². The summed E-state index contributed by atoms with van der Waals surface area (Å²) in [5.41, 5.74) is 4.19. The smallest absolute Gasteiger partial charge is 0.372 e. The van der Waals surface area contributed by atoms with Crippen LogP contribution in [0.25, 0.3) is 0 Å². The Morgan fingerprint density at radius 3 is 2.19 bits per heavy atom. The SMILES string of the molecule is NC(CCOCC(F)(F)F)c1ccc(C(F)(F)F)c(F)c1. The van der Waals surface area contributed by atoms with Gasteiger partial charge in [-0.3, -0.25) is 0 Å². The van der Waals surface area contributed by atoms with Crippen LogP contribution in [0.15, 0.2) is 18.2 Å². The van der Waals surface area contributed by atoms with Crippen LogP contribution in [0.1, 0.15) is 23.6 Å². The maximum absolute atomic E-state index is 13.3. The third-order valence-electron chi connectivity index (χ3n) is 2.57. The summed E-state index contributed by atoms with van der Waals surface area (Å²) in [4.78, 5) is 0. The largest absolute Gasteiger partial charge is 0.419 e. The van der Waals surface area contributed by atoms with Crippen molar-refractivity contribution >= 4 is 0 Å². The number of hydrogen-bond acceptors (Lipinski definition) is 2. The molecule has 1 unspecified atom stereocenters. The Kier molecular flexibility index (Phi) is 5.57. The van der Waals surface area contributed by atoms with Crippen LogP contribution in [0.4, 0.5) is 30.7 Å². The monoisotopic (exact) mass is 319 g/mol. The van der Waals surface area contributed by atoms with Crippen molar-refractivity contribution in [3.05, 3.63) is 35.1 Å². The normalized spacial score (nSPS) is 14.3. The van der Waals surface area contributed by atoms with Gasteiger partial charge in [-0.25, -0.2) is 4.39 Å². The average molecular weight is 319 g/mol. The summed E-state index contributed by atoms with van der Waals surface area (Å²) >= 11 is 0. The van der Waals surface area contributed by atoms with E-state index in [0.717, 1.165) is 6.07 Å². The Hall–Kier alpha value is -1.35. The van der Waals surface area contributed by atoms with Gasteiger partial charge in [-0.2, -0.15) is 26.3 Å². The van der Waals surface area contributed by atoms with E-state index in [2.05, 4.69) is 4.74 Å². The molecule has 9 heteroatoms. The molecule has 120 valence electrons. The molecule has 0 aliphatic carbocycles. The Bertz CT molecular complexity index is 470. The molecule has 1 aromatic carbocycles. The van der Waals surface area contributed by atoms with Gasteiger partial charge in [-0.15, -0.1) is 0 Å². The van der Waals surface area contributed by atoms with Gasteiger partial charge in [0, 0.05) is 12.6 Å². The maximum Gasteiger partial charge on any atom is 0.419 e. The van der Waals surface area contributed by atoms with E-state index >= 15 is 0 Å². The van der Waals surface area contributed by atoms with Crippen LogP contribution >= 0.6 is 0 Å². The molecule has 0 aliphatic heterocycles. The summed E-state index contributed by atoms with van der Waals surface area (Å²) in [6.07, 6.45) is -9.37. The zero-order valence-electron chi connectivity index (χ0n) is 10.6. The van der Waals surface area contributed by atoms with Gasteiger partial charge in [0.25, 0.3) is 0 Å². The number of rotatable bonds is 5. The summed E-state index contributed by atoms with van der Waals surface area (Å²) in [7, 11) is 0. The second kappa shape index (κ2) is 6.61. The van der Waals surface area contributed by atoms with Crippen molar-refractivity contribution < 1.29 is 35.5 Å². The molecule has 0 amide bonds. The molecule has 0 spiro atoms. The maximum atomic E-state index is 13.3.